The molecule has 3 nitrogen and oxygen atoms in total. The Hall–Kier alpha value is -0.353. The standard InChI is InChI=1S/C22H46O3Si/c1-22(2,3)19-17-15-13-11-9-7-6-8-10-12-14-16-18-20(21(23)24)25-26(4)5/h20,26H,6-19H2,1-5H3,(H,23,24). The van der Waals surface area contributed by atoms with Crippen LogP contribution in [-0.2, 0) is 9.22 Å². The third kappa shape index (κ3) is 18.4. The van der Waals surface area contributed by atoms with Crippen molar-refractivity contribution in [3.05, 3.63) is 0 Å². The second kappa shape index (κ2) is 15.7. The number of carbonyl (C=O) groups is 1. The van der Waals surface area contributed by atoms with Crippen LogP contribution in [0.2, 0.25) is 13.1 Å². The van der Waals surface area contributed by atoms with Gasteiger partial charge in [0.2, 0.25) is 0 Å². The van der Waals surface area contributed by atoms with Gasteiger partial charge >= 0.3 is 5.97 Å². The fourth-order valence-corrected chi connectivity index (χ4v) is 4.24. The first-order valence-corrected chi connectivity index (χ1v) is 13.9. The molecule has 0 amide bonds. The molecule has 0 aliphatic heterocycles. The molecule has 26 heavy (non-hydrogen) atoms. The van der Waals surface area contributed by atoms with E-state index in [1.165, 1.54) is 70.6 Å². The van der Waals surface area contributed by atoms with E-state index >= 15 is 0 Å². The maximum Gasteiger partial charge on any atom is 0.331 e. The van der Waals surface area contributed by atoms with Crippen LogP contribution >= 0.6 is 0 Å². The van der Waals surface area contributed by atoms with E-state index in [4.69, 9.17) is 9.53 Å². The van der Waals surface area contributed by atoms with Crippen molar-refractivity contribution in [1.29, 1.82) is 0 Å². The van der Waals surface area contributed by atoms with Crippen molar-refractivity contribution in [2.45, 2.75) is 130 Å². The van der Waals surface area contributed by atoms with Gasteiger partial charge in [0.25, 0.3) is 0 Å². The largest absolute Gasteiger partial charge is 0.479 e. The van der Waals surface area contributed by atoms with Gasteiger partial charge in [0.05, 0.1) is 0 Å². The third-order valence-electron chi connectivity index (χ3n) is 4.85. The highest BCUT2D eigenvalue weighted by Gasteiger charge is 2.18. The van der Waals surface area contributed by atoms with Crippen LogP contribution in [-0.4, -0.2) is 26.2 Å². The Balaban J connectivity index is 3.32. The van der Waals surface area contributed by atoms with E-state index in [9.17, 15) is 4.79 Å². The summed E-state index contributed by atoms with van der Waals surface area (Å²) in [5, 5.41) is 9.15. The molecule has 4 heteroatoms. The zero-order valence-corrected chi connectivity index (χ0v) is 19.5. The molecule has 0 saturated heterocycles. The number of carboxylic acid groups (broad SMARTS) is 1. The average molecular weight is 387 g/mol. The van der Waals surface area contributed by atoms with Gasteiger partial charge < -0.3 is 9.53 Å². The minimum Gasteiger partial charge on any atom is -0.479 e. The number of unbranched alkanes of at least 4 members (excludes halogenated alkanes) is 11. The van der Waals surface area contributed by atoms with E-state index in [0.717, 1.165) is 12.8 Å². The van der Waals surface area contributed by atoms with Gasteiger partial charge in [-0.05, 0) is 31.4 Å². The SMILES string of the molecule is C[SiH](C)OC(CCCCCCCCCCCCCCC(C)(C)C)C(=O)O. The molecule has 0 spiro atoms. The molecular formula is C22H46O3Si. The maximum absolute atomic E-state index is 11.1. The molecule has 0 bridgehead atoms. The molecule has 0 rings (SSSR count). The first-order valence-electron chi connectivity index (χ1n) is 11.1. The Labute approximate surface area is 165 Å². The Kier molecular flexibility index (Phi) is 15.5. The summed E-state index contributed by atoms with van der Waals surface area (Å²) in [4.78, 5) is 11.1. The van der Waals surface area contributed by atoms with Crippen molar-refractivity contribution in [1.82, 2.24) is 0 Å². The molecule has 0 saturated carbocycles. The van der Waals surface area contributed by atoms with E-state index in [-0.39, 0.29) is 0 Å². The lowest BCUT2D eigenvalue weighted by Gasteiger charge is -2.17. The monoisotopic (exact) mass is 386 g/mol. The Morgan fingerprint density at radius 1 is 0.808 bits per heavy atom. The Morgan fingerprint density at radius 3 is 1.54 bits per heavy atom. The van der Waals surface area contributed by atoms with E-state index < -0.39 is 21.1 Å². The summed E-state index contributed by atoms with van der Waals surface area (Å²) in [5.41, 5.74) is 0.498. The van der Waals surface area contributed by atoms with E-state index in [1.807, 2.05) is 13.1 Å². The van der Waals surface area contributed by atoms with Crippen LogP contribution in [0.3, 0.4) is 0 Å². The zero-order chi connectivity index (χ0) is 19.8. The molecule has 0 aromatic carbocycles. The molecule has 0 fully saturated rings. The predicted molar refractivity (Wildman–Crippen MR) is 115 cm³/mol. The lowest BCUT2D eigenvalue weighted by Crippen LogP contribution is -2.28. The van der Waals surface area contributed by atoms with Gasteiger partial charge in [0.15, 0.2) is 9.04 Å². The van der Waals surface area contributed by atoms with E-state index in [0.29, 0.717) is 11.8 Å². The lowest BCUT2D eigenvalue weighted by molar-refractivity contribution is -0.145. The molecule has 0 aliphatic carbocycles. The molecule has 0 aliphatic rings. The maximum atomic E-state index is 11.1. The van der Waals surface area contributed by atoms with Gasteiger partial charge in [0, 0.05) is 0 Å². The predicted octanol–water partition coefficient (Wildman–Crippen LogP) is 6.95. The highest BCUT2D eigenvalue weighted by molar-refractivity contribution is 6.48. The third-order valence-corrected chi connectivity index (χ3v) is 5.73. The molecular weight excluding hydrogens is 340 g/mol. The number of rotatable bonds is 17. The summed E-state index contributed by atoms with van der Waals surface area (Å²) in [6, 6.07) is 0. The van der Waals surface area contributed by atoms with Crippen molar-refractivity contribution >= 4 is 15.0 Å². The average Bonchev–Trinajstić information content (AvgIpc) is 2.52. The first kappa shape index (κ1) is 25.6. The smallest absolute Gasteiger partial charge is 0.331 e. The van der Waals surface area contributed by atoms with Gasteiger partial charge in [-0.2, -0.15) is 0 Å². The molecule has 0 aromatic heterocycles. The fraction of sp³-hybridized carbons (Fsp3) is 0.955. The number of aliphatic carboxylic acids is 1. The van der Waals surface area contributed by atoms with Crippen LogP contribution in [0.4, 0.5) is 0 Å². The van der Waals surface area contributed by atoms with E-state index in [2.05, 4.69) is 20.8 Å². The summed E-state index contributed by atoms with van der Waals surface area (Å²) in [6.45, 7) is 11.1. The van der Waals surface area contributed by atoms with Crippen LogP contribution in [0.15, 0.2) is 0 Å². The molecule has 1 atom stereocenters. The topological polar surface area (TPSA) is 46.5 Å². The highest BCUT2D eigenvalue weighted by Crippen LogP contribution is 2.22. The molecule has 1 N–H and O–H groups in total. The Morgan fingerprint density at radius 2 is 1.19 bits per heavy atom. The summed E-state index contributed by atoms with van der Waals surface area (Å²) in [7, 11) is -1.26. The van der Waals surface area contributed by atoms with Crippen LogP contribution in [0, 0.1) is 5.41 Å². The van der Waals surface area contributed by atoms with Crippen molar-refractivity contribution in [2.24, 2.45) is 5.41 Å². The van der Waals surface area contributed by atoms with Crippen LogP contribution in [0.1, 0.15) is 111 Å². The number of hydrogen-bond donors (Lipinski definition) is 1. The first-order chi connectivity index (χ1) is 12.2. The summed E-state index contributed by atoms with van der Waals surface area (Å²) < 4.78 is 5.57. The van der Waals surface area contributed by atoms with E-state index in [1.54, 1.807) is 0 Å². The van der Waals surface area contributed by atoms with Gasteiger partial charge in [-0.1, -0.05) is 97.8 Å². The number of carboxylic acids is 1. The molecule has 0 radical (unpaired) electrons. The van der Waals surface area contributed by atoms with Crippen LogP contribution < -0.4 is 0 Å². The minimum atomic E-state index is -1.26. The fourth-order valence-electron chi connectivity index (χ4n) is 3.33. The second-order valence-electron chi connectivity index (χ2n) is 9.35. The van der Waals surface area contributed by atoms with Gasteiger partial charge in [-0.15, -0.1) is 0 Å². The van der Waals surface area contributed by atoms with Crippen LogP contribution in [0.5, 0.6) is 0 Å². The summed E-state index contributed by atoms with van der Waals surface area (Å²) >= 11 is 0. The van der Waals surface area contributed by atoms with Gasteiger partial charge in [-0.25, -0.2) is 4.79 Å². The Bertz CT molecular complexity index is 337. The van der Waals surface area contributed by atoms with Gasteiger partial charge in [-0.3, -0.25) is 0 Å². The van der Waals surface area contributed by atoms with Crippen molar-refractivity contribution in [3.63, 3.8) is 0 Å². The zero-order valence-electron chi connectivity index (χ0n) is 18.3. The quantitative estimate of drug-likeness (QED) is 0.217. The normalized spacial score (nSPS) is 13.3. The lowest BCUT2D eigenvalue weighted by atomic mass is 9.89. The molecule has 156 valence electrons. The summed E-state index contributed by atoms with van der Waals surface area (Å²) in [6.07, 6.45) is 17.2. The van der Waals surface area contributed by atoms with Crippen molar-refractivity contribution in [2.75, 3.05) is 0 Å². The summed E-state index contributed by atoms with van der Waals surface area (Å²) in [5.74, 6) is -0.787. The van der Waals surface area contributed by atoms with Crippen molar-refractivity contribution < 1.29 is 14.3 Å². The number of hydrogen-bond acceptors (Lipinski definition) is 2. The molecule has 0 aromatic rings. The highest BCUT2D eigenvalue weighted by atomic mass is 28.3. The van der Waals surface area contributed by atoms with Gasteiger partial charge in [0.1, 0.15) is 6.10 Å². The van der Waals surface area contributed by atoms with Crippen molar-refractivity contribution in [3.8, 4) is 0 Å². The second-order valence-corrected chi connectivity index (χ2v) is 11.7. The molecule has 0 heterocycles. The minimum absolute atomic E-state index is 0.498. The van der Waals surface area contributed by atoms with Crippen LogP contribution in [0.25, 0.3) is 0 Å². The molecule has 1 unspecified atom stereocenters.